The zero-order valence-electron chi connectivity index (χ0n) is 18.6. The molecular weight excluding hydrogens is 416 g/mol. The van der Waals surface area contributed by atoms with Crippen molar-refractivity contribution in [3.8, 4) is 11.5 Å². The van der Waals surface area contributed by atoms with Crippen molar-refractivity contribution < 1.29 is 22.7 Å². The molecule has 2 atom stereocenters. The topological polar surface area (TPSA) is 84.9 Å². The van der Waals surface area contributed by atoms with E-state index in [9.17, 15) is 13.2 Å². The molecule has 0 saturated heterocycles. The Bertz CT molecular complexity index is 1030. The van der Waals surface area contributed by atoms with E-state index >= 15 is 0 Å². The summed E-state index contributed by atoms with van der Waals surface area (Å²) in [4.78, 5) is 13.4. The minimum atomic E-state index is -3.71. The molecule has 0 spiro atoms. The number of hydrogen-bond acceptors (Lipinski definition) is 5. The summed E-state index contributed by atoms with van der Waals surface area (Å²) in [5.41, 5.74) is 0.846. The summed E-state index contributed by atoms with van der Waals surface area (Å²) in [5, 5.41) is 3.08. The average Bonchev–Trinajstić information content (AvgIpc) is 2.70. The number of nitrogens with zero attached hydrogens (tertiary/aromatic N) is 1. The van der Waals surface area contributed by atoms with Crippen LogP contribution in [0, 0.1) is 0 Å². The summed E-state index contributed by atoms with van der Waals surface area (Å²) in [7, 11) is -2.17. The Morgan fingerprint density at radius 2 is 1.87 bits per heavy atom. The number of carbonyl (C=O) groups excluding carboxylic acids is 1. The van der Waals surface area contributed by atoms with E-state index in [0.717, 1.165) is 17.6 Å². The van der Waals surface area contributed by atoms with Gasteiger partial charge in [0.05, 0.1) is 25.1 Å². The molecule has 31 heavy (non-hydrogen) atoms. The van der Waals surface area contributed by atoms with Gasteiger partial charge in [0.2, 0.25) is 15.9 Å². The molecule has 0 fully saturated rings. The van der Waals surface area contributed by atoms with Gasteiger partial charge in [-0.25, -0.2) is 8.42 Å². The molecule has 8 heteroatoms. The van der Waals surface area contributed by atoms with Gasteiger partial charge in [0.1, 0.15) is 23.1 Å². The molecule has 0 aliphatic carbocycles. The predicted octanol–water partition coefficient (Wildman–Crippen LogP) is 3.66. The maximum absolute atomic E-state index is 13.4. The van der Waals surface area contributed by atoms with Crippen LogP contribution in [0.15, 0.2) is 48.5 Å². The molecule has 0 saturated carbocycles. The first kappa shape index (κ1) is 22.9. The smallest absolute Gasteiger partial charge is 0.244 e. The van der Waals surface area contributed by atoms with Crippen LogP contribution in [-0.4, -0.2) is 39.3 Å². The van der Waals surface area contributed by atoms with Crippen molar-refractivity contribution >= 4 is 21.6 Å². The number of para-hydroxylation sites is 1. The van der Waals surface area contributed by atoms with Gasteiger partial charge < -0.3 is 14.8 Å². The quantitative estimate of drug-likeness (QED) is 0.702. The number of nitrogens with one attached hydrogen (secondary N) is 1. The van der Waals surface area contributed by atoms with Crippen LogP contribution in [0.3, 0.4) is 0 Å². The Kier molecular flexibility index (Phi) is 6.50. The van der Waals surface area contributed by atoms with Crippen LogP contribution >= 0.6 is 0 Å². The fourth-order valence-electron chi connectivity index (χ4n) is 3.99. The molecule has 1 N–H and O–H groups in total. The number of carbonyl (C=O) groups is 1. The number of fused-ring (bicyclic) bond motifs is 1. The molecule has 1 heterocycles. The fraction of sp³-hybridized carbons (Fsp3) is 0.435. The second-order valence-electron chi connectivity index (χ2n) is 8.35. The Balaban J connectivity index is 1.92. The van der Waals surface area contributed by atoms with Gasteiger partial charge >= 0.3 is 0 Å². The lowest BCUT2D eigenvalue weighted by Crippen LogP contribution is -2.51. The third-order valence-electron chi connectivity index (χ3n) is 5.35. The van der Waals surface area contributed by atoms with Crippen LogP contribution < -0.4 is 19.1 Å². The van der Waals surface area contributed by atoms with Gasteiger partial charge in [0.15, 0.2) is 0 Å². The van der Waals surface area contributed by atoms with Gasteiger partial charge in [-0.3, -0.25) is 9.10 Å². The molecule has 1 amide bonds. The first-order valence-corrected chi connectivity index (χ1v) is 12.1. The number of rotatable bonds is 7. The van der Waals surface area contributed by atoms with Gasteiger partial charge in [-0.2, -0.15) is 0 Å². The van der Waals surface area contributed by atoms with Crippen molar-refractivity contribution in [2.45, 2.75) is 51.3 Å². The van der Waals surface area contributed by atoms with Crippen molar-refractivity contribution in [3.63, 3.8) is 0 Å². The predicted molar refractivity (Wildman–Crippen MR) is 121 cm³/mol. The lowest BCUT2D eigenvalue weighted by atomic mass is 9.89. The van der Waals surface area contributed by atoms with E-state index < -0.39 is 21.7 Å². The van der Waals surface area contributed by atoms with Crippen molar-refractivity contribution in [1.82, 2.24) is 5.32 Å². The molecule has 0 aromatic heterocycles. The Hall–Kier alpha value is -2.74. The van der Waals surface area contributed by atoms with E-state index in [1.165, 1.54) is 4.31 Å². The molecule has 1 aliphatic rings. The van der Waals surface area contributed by atoms with E-state index in [1.807, 2.05) is 38.1 Å². The highest BCUT2D eigenvalue weighted by atomic mass is 32.2. The normalized spacial score (nSPS) is 18.3. The van der Waals surface area contributed by atoms with Crippen molar-refractivity contribution in [2.24, 2.45) is 0 Å². The van der Waals surface area contributed by atoms with Crippen LogP contribution in [0.5, 0.6) is 11.5 Å². The summed E-state index contributed by atoms with van der Waals surface area (Å²) >= 11 is 0. The molecule has 2 aromatic carbocycles. The Morgan fingerprint density at radius 3 is 2.45 bits per heavy atom. The Labute approximate surface area is 184 Å². The SMILES string of the molecule is CC[C@@H](C(=O)N[C@@H]1CC(C)(C)Oc2ccccc21)N(c1ccc(OC)cc1)S(C)(=O)=O. The number of amides is 1. The summed E-state index contributed by atoms with van der Waals surface area (Å²) in [5.74, 6) is 0.990. The Morgan fingerprint density at radius 1 is 1.23 bits per heavy atom. The van der Waals surface area contributed by atoms with Crippen LogP contribution in [0.2, 0.25) is 0 Å². The van der Waals surface area contributed by atoms with E-state index in [-0.39, 0.29) is 11.9 Å². The molecule has 1 aliphatic heterocycles. The van der Waals surface area contributed by atoms with Crippen molar-refractivity contribution in [1.29, 1.82) is 0 Å². The number of benzene rings is 2. The average molecular weight is 447 g/mol. The minimum Gasteiger partial charge on any atom is -0.497 e. The molecular formula is C23H30N2O5S. The largest absolute Gasteiger partial charge is 0.497 e. The van der Waals surface area contributed by atoms with E-state index in [4.69, 9.17) is 9.47 Å². The molecule has 7 nitrogen and oxygen atoms in total. The maximum atomic E-state index is 13.4. The van der Waals surface area contributed by atoms with Gasteiger partial charge in [0, 0.05) is 12.0 Å². The van der Waals surface area contributed by atoms with Gasteiger partial charge in [-0.1, -0.05) is 25.1 Å². The second-order valence-corrected chi connectivity index (χ2v) is 10.2. The summed E-state index contributed by atoms with van der Waals surface area (Å²) in [6.45, 7) is 5.74. The first-order valence-electron chi connectivity index (χ1n) is 10.3. The number of ether oxygens (including phenoxy) is 2. The third-order valence-corrected chi connectivity index (χ3v) is 6.53. The zero-order chi connectivity index (χ0) is 22.8. The fourth-order valence-corrected chi connectivity index (χ4v) is 5.20. The van der Waals surface area contributed by atoms with E-state index in [0.29, 0.717) is 24.3 Å². The molecule has 168 valence electrons. The second kappa shape index (κ2) is 8.78. The summed E-state index contributed by atoms with van der Waals surface area (Å²) < 4.78 is 37.7. The van der Waals surface area contributed by atoms with Gasteiger partial charge in [0.25, 0.3) is 0 Å². The van der Waals surface area contributed by atoms with Gasteiger partial charge in [-0.05, 0) is 50.6 Å². The molecule has 0 unspecified atom stereocenters. The number of anilines is 1. The van der Waals surface area contributed by atoms with Crippen LogP contribution in [0.4, 0.5) is 5.69 Å². The monoisotopic (exact) mass is 446 g/mol. The highest BCUT2D eigenvalue weighted by molar-refractivity contribution is 7.92. The van der Waals surface area contributed by atoms with Crippen LogP contribution in [0.25, 0.3) is 0 Å². The summed E-state index contributed by atoms with van der Waals surface area (Å²) in [6, 6.07) is 13.1. The number of methoxy groups -OCH3 is 1. The maximum Gasteiger partial charge on any atom is 0.244 e. The highest BCUT2D eigenvalue weighted by Gasteiger charge is 2.37. The van der Waals surface area contributed by atoms with Crippen molar-refractivity contribution in [2.75, 3.05) is 17.7 Å². The van der Waals surface area contributed by atoms with Crippen molar-refractivity contribution in [3.05, 3.63) is 54.1 Å². The number of sulfonamides is 1. The van der Waals surface area contributed by atoms with E-state index in [1.54, 1.807) is 38.3 Å². The molecule has 0 bridgehead atoms. The highest BCUT2D eigenvalue weighted by Crippen LogP contribution is 2.39. The van der Waals surface area contributed by atoms with Gasteiger partial charge in [-0.15, -0.1) is 0 Å². The third kappa shape index (κ3) is 5.12. The molecule has 2 aromatic rings. The van der Waals surface area contributed by atoms with Crippen LogP contribution in [0.1, 0.15) is 45.2 Å². The van der Waals surface area contributed by atoms with Crippen LogP contribution in [-0.2, 0) is 14.8 Å². The lowest BCUT2D eigenvalue weighted by Gasteiger charge is -2.39. The lowest BCUT2D eigenvalue weighted by molar-refractivity contribution is -0.123. The summed E-state index contributed by atoms with van der Waals surface area (Å²) in [6.07, 6.45) is 2.01. The molecule has 3 rings (SSSR count). The molecule has 0 radical (unpaired) electrons. The first-order chi connectivity index (χ1) is 14.6. The van der Waals surface area contributed by atoms with E-state index in [2.05, 4.69) is 5.32 Å². The zero-order valence-corrected chi connectivity index (χ0v) is 19.4. The number of hydrogen-bond donors (Lipinski definition) is 1. The minimum absolute atomic E-state index is 0.279. The standard InChI is InChI=1S/C23H30N2O5S/c1-6-20(25(31(5,27)28)16-11-13-17(29-4)14-12-16)22(26)24-19-15-23(2,3)30-21-10-8-7-9-18(19)21/h7-14,19-20H,6,15H2,1-5H3,(H,24,26)/t19-,20+/m1/s1.